The first kappa shape index (κ1) is 11.2. The summed E-state index contributed by atoms with van der Waals surface area (Å²) >= 11 is 5.21. The second-order valence-corrected chi connectivity index (χ2v) is 4.60. The van der Waals surface area contributed by atoms with Crippen molar-refractivity contribution in [3.05, 3.63) is 30.0 Å². The zero-order valence-corrected chi connectivity index (χ0v) is 10.4. The number of rotatable bonds is 1. The molecule has 7 heteroatoms. The van der Waals surface area contributed by atoms with Gasteiger partial charge in [0.2, 0.25) is 0 Å². The van der Waals surface area contributed by atoms with E-state index in [-0.39, 0.29) is 11.9 Å². The highest BCUT2D eigenvalue weighted by molar-refractivity contribution is 7.80. The van der Waals surface area contributed by atoms with Crippen molar-refractivity contribution in [2.45, 2.75) is 19.5 Å². The molecule has 0 spiro atoms. The fourth-order valence-corrected chi connectivity index (χ4v) is 2.30. The predicted molar refractivity (Wildman–Crippen MR) is 67.5 cm³/mol. The summed E-state index contributed by atoms with van der Waals surface area (Å²) < 4.78 is 14.8. The van der Waals surface area contributed by atoms with E-state index in [1.807, 2.05) is 11.5 Å². The van der Waals surface area contributed by atoms with Crippen LogP contribution in [-0.4, -0.2) is 30.8 Å². The topological polar surface area (TPSA) is 55.6 Å². The standard InChI is InChI=1S/C11H10FN5S/c1-6-5-17-9(8-3-2-7(12)4-13-8)15-16-10(17)11(18)14-6/h2-4,6H,5H2,1H3,(H,14,18). The number of fused-ring (bicyclic) bond motifs is 1. The van der Waals surface area contributed by atoms with E-state index in [0.717, 1.165) is 0 Å². The van der Waals surface area contributed by atoms with Gasteiger partial charge in [-0.3, -0.25) is 0 Å². The molecule has 0 saturated heterocycles. The first-order valence-electron chi connectivity index (χ1n) is 5.51. The first-order chi connectivity index (χ1) is 8.65. The van der Waals surface area contributed by atoms with E-state index in [1.165, 1.54) is 12.3 Å². The van der Waals surface area contributed by atoms with Crippen LogP contribution >= 0.6 is 12.2 Å². The fraction of sp³-hybridized carbons (Fsp3) is 0.273. The molecule has 18 heavy (non-hydrogen) atoms. The Morgan fingerprint density at radius 2 is 2.17 bits per heavy atom. The third kappa shape index (κ3) is 1.76. The number of halogens is 1. The predicted octanol–water partition coefficient (Wildman–Crippen LogP) is 1.15. The van der Waals surface area contributed by atoms with Gasteiger partial charge in [0.05, 0.1) is 6.20 Å². The highest BCUT2D eigenvalue weighted by atomic mass is 32.1. The summed E-state index contributed by atoms with van der Waals surface area (Å²) in [5.41, 5.74) is 0.590. The molecular weight excluding hydrogens is 253 g/mol. The van der Waals surface area contributed by atoms with Gasteiger partial charge in [0.25, 0.3) is 0 Å². The van der Waals surface area contributed by atoms with Crippen LogP contribution in [0.4, 0.5) is 4.39 Å². The van der Waals surface area contributed by atoms with Crippen molar-refractivity contribution in [2.75, 3.05) is 0 Å². The lowest BCUT2D eigenvalue weighted by molar-refractivity contribution is 0.523. The summed E-state index contributed by atoms with van der Waals surface area (Å²) in [6, 6.07) is 3.15. The molecule has 0 bridgehead atoms. The SMILES string of the molecule is CC1Cn2c(nnc2-c2ccc(F)cn2)C(=S)N1. The van der Waals surface area contributed by atoms with Gasteiger partial charge < -0.3 is 9.88 Å². The average molecular weight is 263 g/mol. The molecule has 0 aliphatic carbocycles. The monoisotopic (exact) mass is 263 g/mol. The molecule has 2 aromatic heterocycles. The third-order valence-corrected chi connectivity index (χ3v) is 3.04. The van der Waals surface area contributed by atoms with E-state index in [4.69, 9.17) is 12.2 Å². The van der Waals surface area contributed by atoms with Crippen molar-refractivity contribution < 1.29 is 4.39 Å². The van der Waals surface area contributed by atoms with Crippen LogP contribution in [0.1, 0.15) is 12.7 Å². The minimum absolute atomic E-state index is 0.209. The number of hydrogen-bond donors (Lipinski definition) is 1. The van der Waals surface area contributed by atoms with Crippen LogP contribution in [0.15, 0.2) is 18.3 Å². The van der Waals surface area contributed by atoms with Gasteiger partial charge in [0.15, 0.2) is 11.6 Å². The summed E-state index contributed by atoms with van der Waals surface area (Å²) in [5, 5.41) is 11.3. The number of pyridine rings is 1. The summed E-state index contributed by atoms with van der Waals surface area (Å²) in [5.74, 6) is 0.868. The Balaban J connectivity index is 2.09. The molecule has 1 aliphatic rings. The minimum atomic E-state index is -0.373. The van der Waals surface area contributed by atoms with Crippen LogP contribution in [-0.2, 0) is 6.54 Å². The Morgan fingerprint density at radius 1 is 1.39 bits per heavy atom. The van der Waals surface area contributed by atoms with Crippen molar-refractivity contribution in [1.82, 2.24) is 25.1 Å². The van der Waals surface area contributed by atoms with Gasteiger partial charge in [-0.15, -0.1) is 10.2 Å². The van der Waals surface area contributed by atoms with E-state index in [9.17, 15) is 4.39 Å². The normalized spacial score (nSPS) is 18.3. The molecular formula is C11H10FN5S. The Labute approximate surface area is 108 Å². The summed E-state index contributed by atoms with van der Waals surface area (Å²) in [4.78, 5) is 4.60. The Morgan fingerprint density at radius 3 is 2.89 bits per heavy atom. The van der Waals surface area contributed by atoms with Crippen LogP contribution in [0.3, 0.4) is 0 Å². The summed E-state index contributed by atoms with van der Waals surface area (Å²) in [6.07, 6.45) is 1.17. The molecule has 3 heterocycles. The summed E-state index contributed by atoms with van der Waals surface area (Å²) in [7, 11) is 0. The van der Waals surface area contributed by atoms with E-state index < -0.39 is 0 Å². The van der Waals surface area contributed by atoms with Gasteiger partial charge in [-0.1, -0.05) is 12.2 Å². The quantitative estimate of drug-likeness (QED) is 0.782. The first-order valence-corrected chi connectivity index (χ1v) is 5.92. The van der Waals surface area contributed by atoms with Crippen molar-refractivity contribution in [1.29, 1.82) is 0 Å². The maximum absolute atomic E-state index is 12.9. The highest BCUT2D eigenvalue weighted by Crippen LogP contribution is 2.19. The fourth-order valence-electron chi connectivity index (χ4n) is 1.95. The number of hydrogen-bond acceptors (Lipinski definition) is 4. The lowest BCUT2D eigenvalue weighted by Crippen LogP contribution is -2.42. The average Bonchev–Trinajstić information content (AvgIpc) is 2.74. The Hall–Kier alpha value is -1.89. The zero-order valence-electron chi connectivity index (χ0n) is 9.59. The van der Waals surface area contributed by atoms with Gasteiger partial charge in [-0.25, -0.2) is 9.37 Å². The van der Waals surface area contributed by atoms with Crippen molar-refractivity contribution in [3.63, 3.8) is 0 Å². The molecule has 0 radical (unpaired) electrons. The molecule has 0 saturated carbocycles. The Kier molecular flexibility index (Phi) is 2.55. The zero-order chi connectivity index (χ0) is 12.7. The minimum Gasteiger partial charge on any atom is -0.369 e. The molecule has 1 unspecified atom stereocenters. The van der Waals surface area contributed by atoms with Gasteiger partial charge >= 0.3 is 0 Å². The molecule has 5 nitrogen and oxygen atoms in total. The van der Waals surface area contributed by atoms with Crippen molar-refractivity contribution in [2.24, 2.45) is 0 Å². The molecule has 1 atom stereocenters. The second kappa shape index (κ2) is 4.09. The molecule has 1 aliphatic heterocycles. The number of nitrogens with zero attached hydrogens (tertiary/aromatic N) is 4. The molecule has 1 N–H and O–H groups in total. The van der Waals surface area contributed by atoms with Gasteiger partial charge in [0, 0.05) is 12.6 Å². The van der Waals surface area contributed by atoms with Crippen molar-refractivity contribution in [3.8, 4) is 11.5 Å². The van der Waals surface area contributed by atoms with E-state index in [1.54, 1.807) is 6.07 Å². The van der Waals surface area contributed by atoms with E-state index in [0.29, 0.717) is 28.9 Å². The van der Waals surface area contributed by atoms with Crippen molar-refractivity contribution >= 4 is 17.2 Å². The molecule has 0 aromatic carbocycles. The maximum atomic E-state index is 12.9. The lowest BCUT2D eigenvalue weighted by atomic mass is 10.2. The van der Waals surface area contributed by atoms with Crippen LogP contribution in [0.5, 0.6) is 0 Å². The second-order valence-electron chi connectivity index (χ2n) is 4.19. The molecule has 0 amide bonds. The number of aromatic nitrogens is 4. The smallest absolute Gasteiger partial charge is 0.191 e. The molecule has 2 aromatic rings. The number of nitrogens with one attached hydrogen (secondary N) is 1. The molecule has 3 rings (SSSR count). The maximum Gasteiger partial charge on any atom is 0.191 e. The lowest BCUT2D eigenvalue weighted by Gasteiger charge is -2.23. The summed E-state index contributed by atoms with van der Waals surface area (Å²) in [6.45, 7) is 2.73. The molecule has 92 valence electrons. The third-order valence-electron chi connectivity index (χ3n) is 2.74. The Bertz CT molecular complexity index is 606. The molecule has 0 fully saturated rings. The van der Waals surface area contributed by atoms with Gasteiger partial charge in [-0.05, 0) is 19.1 Å². The number of thiocarbonyl (C=S) groups is 1. The van der Waals surface area contributed by atoms with Crippen LogP contribution < -0.4 is 5.32 Å². The van der Waals surface area contributed by atoms with E-state index >= 15 is 0 Å². The van der Waals surface area contributed by atoms with Gasteiger partial charge in [0.1, 0.15) is 16.5 Å². The van der Waals surface area contributed by atoms with Crippen LogP contribution in [0, 0.1) is 5.82 Å². The largest absolute Gasteiger partial charge is 0.369 e. The van der Waals surface area contributed by atoms with Crippen LogP contribution in [0.25, 0.3) is 11.5 Å². The van der Waals surface area contributed by atoms with E-state index in [2.05, 4.69) is 20.5 Å². The van der Waals surface area contributed by atoms with Crippen LogP contribution in [0.2, 0.25) is 0 Å². The van der Waals surface area contributed by atoms with Gasteiger partial charge in [-0.2, -0.15) is 0 Å². The highest BCUT2D eigenvalue weighted by Gasteiger charge is 2.24.